The van der Waals surface area contributed by atoms with Crippen LogP contribution in [0.2, 0.25) is 0 Å². The number of nitrogens with one attached hydrogen (secondary N) is 1. The van der Waals surface area contributed by atoms with Crippen molar-refractivity contribution < 1.29 is 4.42 Å². The molecule has 0 spiro atoms. The number of hydrogen-bond acceptors (Lipinski definition) is 2. The standard InChI is InChI=1S/C11H15Br2NO/c1-6(2)14-5-7-3-8(7)10-4-9(12)11(13)15-10/h4,6-8,14H,3,5H2,1-2H3. The first-order chi connectivity index (χ1) is 7.08. The van der Waals surface area contributed by atoms with Gasteiger partial charge in [0.05, 0.1) is 4.47 Å². The molecular formula is C11H15Br2NO. The van der Waals surface area contributed by atoms with Gasteiger partial charge >= 0.3 is 0 Å². The first-order valence-corrected chi connectivity index (χ1v) is 6.84. The molecule has 1 aromatic heterocycles. The first-order valence-electron chi connectivity index (χ1n) is 5.26. The SMILES string of the molecule is CC(C)NCC1CC1c1cc(Br)c(Br)o1. The fourth-order valence-corrected chi connectivity index (χ4v) is 2.36. The summed E-state index contributed by atoms with van der Waals surface area (Å²) in [6.45, 7) is 5.45. The largest absolute Gasteiger partial charge is 0.453 e. The molecule has 1 saturated carbocycles. The Labute approximate surface area is 107 Å². The van der Waals surface area contributed by atoms with E-state index in [9.17, 15) is 0 Å². The molecule has 1 aliphatic rings. The Morgan fingerprint density at radius 3 is 2.80 bits per heavy atom. The zero-order valence-electron chi connectivity index (χ0n) is 8.89. The zero-order valence-corrected chi connectivity index (χ0v) is 12.1. The lowest BCUT2D eigenvalue weighted by Gasteiger charge is -2.06. The van der Waals surface area contributed by atoms with Gasteiger partial charge in [-0.3, -0.25) is 0 Å². The molecule has 0 amide bonds. The summed E-state index contributed by atoms with van der Waals surface area (Å²) in [6.07, 6.45) is 1.24. The molecule has 15 heavy (non-hydrogen) atoms. The van der Waals surface area contributed by atoms with E-state index in [1.54, 1.807) is 0 Å². The molecule has 1 heterocycles. The van der Waals surface area contributed by atoms with E-state index in [0.717, 1.165) is 27.4 Å². The van der Waals surface area contributed by atoms with Gasteiger partial charge in [0.25, 0.3) is 0 Å². The van der Waals surface area contributed by atoms with Crippen LogP contribution in [0.3, 0.4) is 0 Å². The number of furan rings is 1. The van der Waals surface area contributed by atoms with Crippen molar-refractivity contribution in [2.75, 3.05) is 6.54 Å². The van der Waals surface area contributed by atoms with Crippen LogP contribution >= 0.6 is 31.9 Å². The van der Waals surface area contributed by atoms with Crippen LogP contribution < -0.4 is 5.32 Å². The summed E-state index contributed by atoms with van der Waals surface area (Å²) in [5, 5.41) is 3.46. The second kappa shape index (κ2) is 4.60. The van der Waals surface area contributed by atoms with Gasteiger partial charge in [-0.2, -0.15) is 0 Å². The predicted molar refractivity (Wildman–Crippen MR) is 68.1 cm³/mol. The third-order valence-electron chi connectivity index (χ3n) is 2.74. The van der Waals surface area contributed by atoms with Gasteiger partial charge in [-0.05, 0) is 56.8 Å². The van der Waals surface area contributed by atoms with Crippen LogP contribution in [0.5, 0.6) is 0 Å². The Kier molecular flexibility index (Phi) is 3.58. The Morgan fingerprint density at radius 1 is 1.53 bits per heavy atom. The summed E-state index contributed by atoms with van der Waals surface area (Å²) in [5.41, 5.74) is 0. The summed E-state index contributed by atoms with van der Waals surface area (Å²) >= 11 is 6.80. The topological polar surface area (TPSA) is 25.2 Å². The molecule has 2 atom stereocenters. The van der Waals surface area contributed by atoms with Crippen LogP contribution in [0.15, 0.2) is 19.6 Å². The molecule has 1 fully saturated rings. The third kappa shape index (κ3) is 2.86. The molecule has 0 aromatic carbocycles. The lowest BCUT2D eigenvalue weighted by atomic mass is 10.2. The molecule has 1 aromatic rings. The van der Waals surface area contributed by atoms with Crippen molar-refractivity contribution >= 4 is 31.9 Å². The van der Waals surface area contributed by atoms with E-state index in [4.69, 9.17) is 4.42 Å². The molecule has 1 N–H and O–H groups in total. The molecule has 84 valence electrons. The molecule has 0 bridgehead atoms. The Morgan fingerprint density at radius 2 is 2.27 bits per heavy atom. The summed E-state index contributed by atoms with van der Waals surface area (Å²) < 4.78 is 7.44. The van der Waals surface area contributed by atoms with Gasteiger partial charge in [0.2, 0.25) is 0 Å². The molecule has 1 aliphatic carbocycles. The van der Waals surface area contributed by atoms with Crippen molar-refractivity contribution in [2.24, 2.45) is 5.92 Å². The van der Waals surface area contributed by atoms with Gasteiger partial charge in [-0.25, -0.2) is 0 Å². The van der Waals surface area contributed by atoms with Gasteiger partial charge in [0.1, 0.15) is 5.76 Å². The quantitative estimate of drug-likeness (QED) is 0.901. The summed E-state index contributed by atoms with van der Waals surface area (Å²) in [5.74, 6) is 2.46. The zero-order chi connectivity index (χ0) is 11.0. The molecule has 0 radical (unpaired) electrons. The van der Waals surface area contributed by atoms with E-state index >= 15 is 0 Å². The maximum absolute atomic E-state index is 5.62. The van der Waals surface area contributed by atoms with Crippen molar-refractivity contribution in [3.8, 4) is 0 Å². The lowest BCUT2D eigenvalue weighted by molar-refractivity contribution is 0.473. The maximum atomic E-state index is 5.62. The number of hydrogen-bond donors (Lipinski definition) is 1. The summed E-state index contributed by atoms with van der Waals surface area (Å²) in [6, 6.07) is 2.64. The normalized spacial score (nSPS) is 24.9. The molecule has 2 rings (SSSR count). The van der Waals surface area contributed by atoms with E-state index in [1.807, 2.05) is 0 Å². The predicted octanol–water partition coefficient (Wildman–Crippen LogP) is 3.91. The van der Waals surface area contributed by atoms with E-state index in [-0.39, 0.29) is 0 Å². The minimum atomic E-state index is 0.571. The van der Waals surface area contributed by atoms with Crippen LogP contribution in [0.25, 0.3) is 0 Å². The minimum Gasteiger partial charge on any atom is -0.453 e. The van der Waals surface area contributed by atoms with E-state index < -0.39 is 0 Å². The number of halogens is 2. The van der Waals surface area contributed by atoms with Crippen molar-refractivity contribution in [1.29, 1.82) is 0 Å². The van der Waals surface area contributed by atoms with Crippen molar-refractivity contribution in [3.05, 3.63) is 21.0 Å². The van der Waals surface area contributed by atoms with Crippen LogP contribution in [-0.2, 0) is 0 Å². The summed E-state index contributed by atoms with van der Waals surface area (Å²) in [4.78, 5) is 0. The molecule has 0 aliphatic heterocycles. The highest BCUT2D eigenvalue weighted by atomic mass is 79.9. The van der Waals surface area contributed by atoms with Gasteiger partial charge in [0.15, 0.2) is 4.67 Å². The second-order valence-electron chi connectivity index (χ2n) is 4.44. The summed E-state index contributed by atoms with van der Waals surface area (Å²) in [7, 11) is 0. The fourth-order valence-electron chi connectivity index (χ4n) is 1.75. The van der Waals surface area contributed by atoms with Crippen LogP contribution in [0.4, 0.5) is 0 Å². The van der Waals surface area contributed by atoms with E-state index in [0.29, 0.717) is 12.0 Å². The van der Waals surface area contributed by atoms with Crippen molar-refractivity contribution in [2.45, 2.75) is 32.2 Å². The van der Waals surface area contributed by atoms with Crippen LogP contribution in [0.1, 0.15) is 31.9 Å². The Balaban J connectivity index is 1.88. The molecule has 4 heteroatoms. The molecule has 0 saturated heterocycles. The highest BCUT2D eigenvalue weighted by Crippen LogP contribution is 2.49. The van der Waals surface area contributed by atoms with Gasteiger partial charge in [-0.15, -0.1) is 0 Å². The second-order valence-corrected chi connectivity index (χ2v) is 6.01. The maximum Gasteiger partial charge on any atom is 0.183 e. The molecular weight excluding hydrogens is 322 g/mol. The monoisotopic (exact) mass is 335 g/mol. The Bertz CT molecular complexity index is 329. The van der Waals surface area contributed by atoms with Crippen molar-refractivity contribution in [1.82, 2.24) is 5.32 Å². The fraction of sp³-hybridized carbons (Fsp3) is 0.636. The minimum absolute atomic E-state index is 0.571. The smallest absolute Gasteiger partial charge is 0.183 e. The highest BCUT2D eigenvalue weighted by Gasteiger charge is 2.40. The van der Waals surface area contributed by atoms with E-state index in [1.165, 1.54) is 6.42 Å². The van der Waals surface area contributed by atoms with E-state index in [2.05, 4.69) is 57.1 Å². The average molecular weight is 337 g/mol. The van der Waals surface area contributed by atoms with Gasteiger partial charge < -0.3 is 9.73 Å². The van der Waals surface area contributed by atoms with Crippen LogP contribution in [0, 0.1) is 5.92 Å². The van der Waals surface area contributed by atoms with Crippen LogP contribution in [-0.4, -0.2) is 12.6 Å². The van der Waals surface area contributed by atoms with Gasteiger partial charge in [-0.1, -0.05) is 13.8 Å². The lowest BCUT2D eigenvalue weighted by Crippen LogP contribution is -2.25. The average Bonchev–Trinajstić information content (AvgIpc) is 2.85. The third-order valence-corrected chi connectivity index (χ3v) is 4.45. The van der Waals surface area contributed by atoms with Gasteiger partial charge in [0, 0.05) is 12.0 Å². The number of rotatable bonds is 4. The Hall–Kier alpha value is 0.200. The molecule has 2 nitrogen and oxygen atoms in total. The highest BCUT2D eigenvalue weighted by molar-refractivity contribution is 9.13. The molecule has 2 unspecified atom stereocenters. The van der Waals surface area contributed by atoms with Crippen molar-refractivity contribution in [3.63, 3.8) is 0 Å². The first kappa shape index (κ1) is 11.7.